The summed E-state index contributed by atoms with van der Waals surface area (Å²) >= 11 is 1.05. The van der Waals surface area contributed by atoms with E-state index in [9.17, 15) is 4.79 Å². The van der Waals surface area contributed by atoms with Crippen molar-refractivity contribution < 1.29 is 18.7 Å². The van der Waals surface area contributed by atoms with Crippen molar-refractivity contribution in [2.45, 2.75) is 31.3 Å². The molecule has 140 valence electrons. The Morgan fingerprint density at radius 3 is 2.93 bits per heavy atom. The second-order valence-electron chi connectivity index (χ2n) is 6.50. The van der Waals surface area contributed by atoms with Gasteiger partial charge in [0.2, 0.25) is 5.16 Å². The second kappa shape index (κ2) is 7.07. The fourth-order valence-electron chi connectivity index (χ4n) is 2.84. The summed E-state index contributed by atoms with van der Waals surface area (Å²) in [5.41, 5.74) is 0.744. The summed E-state index contributed by atoms with van der Waals surface area (Å²) in [5, 5.41) is 22.0. The van der Waals surface area contributed by atoms with Crippen LogP contribution in [0.1, 0.15) is 36.5 Å². The lowest BCUT2D eigenvalue weighted by Gasteiger charge is -2.02. The number of carboxylic acid groups (broad SMARTS) is 1. The normalized spacial score (nSPS) is 19.0. The third-order valence-corrected chi connectivity index (χ3v) is 5.36. The predicted octanol–water partition coefficient (Wildman–Crippen LogP) is 3.62. The van der Waals surface area contributed by atoms with Crippen molar-refractivity contribution in [1.29, 1.82) is 0 Å². The van der Waals surface area contributed by atoms with Crippen molar-refractivity contribution in [2.75, 3.05) is 5.75 Å². The average Bonchev–Trinajstić information content (AvgIpc) is 3.03. The van der Waals surface area contributed by atoms with E-state index in [4.69, 9.17) is 13.9 Å². The number of aromatic nitrogens is 3. The minimum absolute atomic E-state index is 0.136. The number of nitrogens with zero attached hydrogens (tertiary/aromatic N) is 4. The van der Waals surface area contributed by atoms with Crippen molar-refractivity contribution in [3.05, 3.63) is 41.7 Å². The van der Waals surface area contributed by atoms with Crippen molar-refractivity contribution in [3.8, 4) is 11.4 Å². The Labute approximate surface area is 159 Å². The van der Waals surface area contributed by atoms with Crippen LogP contribution in [0.25, 0.3) is 11.4 Å². The van der Waals surface area contributed by atoms with Crippen LogP contribution in [0.2, 0.25) is 0 Å². The molecule has 0 saturated heterocycles. The van der Waals surface area contributed by atoms with Crippen LogP contribution in [0.15, 0.2) is 43.6 Å². The molecular weight excluding hydrogens is 368 g/mol. The molecule has 0 aromatic carbocycles. The zero-order valence-corrected chi connectivity index (χ0v) is 15.6. The second-order valence-corrected chi connectivity index (χ2v) is 7.44. The Morgan fingerprint density at radius 1 is 1.44 bits per heavy atom. The first-order valence-corrected chi connectivity index (χ1v) is 9.50. The van der Waals surface area contributed by atoms with Gasteiger partial charge in [-0.15, -0.1) is 10.2 Å². The zero-order valence-electron chi connectivity index (χ0n) is 14.8. The lowest BCUT2D eigenvalue weighted by atomic mass is 10.2. The number of furan rings is 2. The van der Waals surface area contributed by atoms with Crippen LogP contribution in [0.5, 0.6) is 0 Å². The van der Waals surface area contributed by atoms with E-state index in [0.29, 0.717) is 34.3 Å². The van der Waals surface area contributed by atoms with E-state index in [2.05, 4.69) is 22.2 Å². The van der Waals surface area contributed by atoms with Gasteiger partial charge in [0, 0.05) is 5.92 Å². The van der Waals surface area contributed by atoms with Gasteiger partial charge in [0.05, 0.1) is 23.8 Å². The number of aryl methyl sites for hydroxylation is 1. The molecule has 1 fully saturated rings. The smallest absolute Gasteiger partial charge is 0.313 e. The molecule has 1 aliphatic rings. The third kappa shape index (κ3) is 3.68. The largest absolute Gasteiger partial charge is 0.481 e. The highest BCUT2D eigenvalue weighted by Crippen LogP contribution is 2.47. The molecule has 3 heterocycles. The molecule has 3 aromatic heterocycles. The first kappa shape index (κ1) is 17.6. The fourth-order valence-corrected chi connectivity index (χ4v) is 3.45. The maximum Gasteiger partial charge on any atom is 0.313 e. The maximum atomic E-state index is 10.9. The summed E-state index contributed by atoms with van der Waals surface area (Å²) < 4.78 is 12.7. The lowest BCUT2D eigenvalue weighted by Crippen LogP contribution is -2.01. The van der Waals surface area contributed by atoms with E-state index < -0.39 is 5.97 Å². The molecule has 8 nitrogen and oxygen atoms in total. The van der Waals surface area contributed by atoms with Gasteiger partial charge in [-0.05, 0) is 37.5 Å². The number of carbonyl (C=O) groups is 1. The number of carboxylic acids is 1. The maximum absolute atomic E-state index is 10.9. The summed E-state index contributed by atoms with van der Waals surface area (Å²) in [5.74, 6) is 2.84. The zero-order chi connectivity index (χ0) is 19.0. The highest BCUT2D eigenvalue weighted by molar-refractivity contribution is 7.99. The van der Waals surface area contributed by atoms with Crippen LogP contribution in [0.4, 0.5) is 0 Å². The SMILES string of the molecule is Cc1occc1-c1nnc(SCC(=O)O)n1/N=C\c1ccc([C@@H]2C[C@@H]2C)o1. The quantitative estimate of drug-likeness (QED) is 0.488. The molecule has 1 aliphatic carbocycles. The number of thioether (sulfide) groups is 1. The van der Waals surface area contributed by atoms with E-state index in [1.807, 2.05) is 19.1 Å². The Kier molecular flexibility index (Phi) is 4.61. The van der Waals surface area contributed by atoms with Gasteiger partial charge in [-0.1, -0.05) is 18.7 Å². The summed E-state index contributed by atoms with van der Waals surface area (Å²) in [6.45, 7) is 4.02. The Bertz CT molecular complexity index is 1000. The van der Waals surface area contributed by atoms with E-state index in [0.717, 1.165) is 29.5 Å². The van der Waals surface area contributed by atoms with Gasteiger partial charge in [-0.3, -0.25) is 4.79 Å². The summed E-state index contributed by atoms with van der Waals surface area (Å²) in [4.78, 5) is 10.9. The predicted molar refractivity (Wildman–Crippen MR) is 99.0 cm³/mol. The molecular formula is C18H18N4O4S. The highest BCUT2D eigenvalue weighted by atomic mass is 32.2. The minimum Gasteiger partial charge on any atom is -0.481 e. The number of hydrogen-bond donors (Lipinski definition) is 1. The van der Waals surface area contributed by atoms with Crippen LogP contribution in [0.3, 0.4) is 0 Å². The number of hydrogen-bond acceptors (Lipinski definition) is 7. The van der Waals surface area contributed by atoms with Gasteiger partial charge in [-0.2, -0.15) is 9.78 Å². The molecule has 9 heteroatoms. The first-order valence-electron chi connectivity index (χ1n) is 8.51. The average molecular weight is 386 g/mol. The van der Waals surface area contributed by atoms with E-state index in [-0.39, 0.29) is 5.75 Å². The molecule has 1 saturated carbocycles. The molecule has 4 rings (SSSR count). The molecule has 0 bridgehead atoms. The van der Waals surface area contributed by atoms with Crippen molar-refractivity contribution in [3.63, 3.8) is 0 Å². The van der Waals surface area contributed by atoms with E-state index in [1.54, 1.807) is 18.5 Å². The van der Waals surface area contributed by atoms with Gasteiger partial charge in [-0.25, -0.2) is 0 Å². The van der Waals surface area contributed by atoms with E-state index >= 15 is 0 Å². The highest BCUT2D eigenvalue weighted by Gasteiger charge is 2.36. The van der Waals surface area contributed by atoms with Crippen LogP contribution < -0.4 is 0 Å². The molecule has 0 spiro atoms. The monoisotopic (exact) mass is 386 g/mol. The third-order valence-electron chi connectivity index (χ3n) is 4.46. The van der Waals surface area contributed by atoms with Gasteiger partial charge in [0.15, 0.2) is 5.82 Å². The molecule has 0 aliphatic heterocycles. The Hall–Kier alpha value is -2.81. The Balaban J connectivity index is 1.64. The van der Waals surface area contributed by atoms with Gasteiger partial charge in [0.1, 0.15) is 17.3 Å². The molecule has 0 amide bonds. The molecule has 1 N–H and O–H groups in total. The molecule has 3 aromatic rings. The number of aliphatic carboxylic acids is 1. The van der Waals surface area contributed by atoms with Crippen molar-refractivity contribution in [2.24, 2.45) is 11.0 Å². The standard InChI is InChI=1S/C18H18N4O4S/c1-10-7-14(10)15-4-3-12(26-15)8-19-22-17(13-5-6-25-11(13)2)20-21-18(22)27-9-16(23)24/h3-6,8,10,14H,7,9H2,1-2H3,(H,23,24)/b19-8-/t10-,14+/m0/s1. The van der Waals surface area contributed by atoms with Crippen LogP contribution in [0, 0.1) is 12.8 Å². The molecule has 0 radical (unpaired) electrons. The summed E-state index contributed by atoms with van der Waals surface area (Å²) in [7, 11) is 0. The Morgan fingerprint density at radius 2 is 2.26 bits per heavy atom. The van der Waals surface area contributed by atoms with Crippen LogP contribution in [-0.4, -0.2) is 37.9 Å². The molecule has 2 atom stereocenters. The van der Waals surface area contributed by atoms with Gasteiger partial charge < -0.3 is 13.9 Å². The molecule has 0 unspecified atom stereocenters. The van der Waals surface area contributed by atoms with Crippen LogP contribution >= 0.6 is 11.8 Å². The summed E-state index contributed by atoms with van der Waals surface area (Å²) in [6, 6.07) is 5.63. The first-order chi connectivity index (χ1) is 13.0. The topological polar surface area (TPSA) is 107 Å². The van der Waals surface area contributed by atoms with Gasteiger partial charge >= 0.3 is 5.97 Å². The van der Waals surface area contributed by atoms with Crippen molar-refractivity contribution >= 4 is 23.9 Å². The van der Waals surface area contributed by atoms with Gasteiger partial charge in [0.25, 0.3) is 0 Å². The van der Waals surface area contributed by atoms with Crippen molar-refractivity contribution in [1.82, 2.24) is 14.9 Å². The number of rotatable bonds is 7. The summed E-state index contributed by atoms with van der Waals surface area (Å²) in [6.07, 6.45) is 4.30. The van der Waals surface area contributed by atoms with Crippen LogP contribution in [-0.2, 0) is 4.79 Å². The van der Waals surface area contributed by atoms with E-state index in [1.165, 1.54) is 4.68 Å². The fraction of sp³-hybridized carbons (Fsp3) is 0.333. The minimum atomic E-state index is -0.936. The lowest BCUT2D eigenvalue weighted by molar-refractivity contribution is -0.133. The molecule has 27 heavy (non-hydrogen) atoms.